The molecule has 1 unspecified atom stereocenters. The number of halogens is 1. The van der Waals surface area contributed by atoms with Crippen LogP contribution in [0.3, 0.4) is 0 Å². The third-order valence-corrected chi connectivity index (χ3v) is 4.12. The standard InChI is InChI=1S/C10H17ClO/c11-7-10(9-3-1-4-9)5-2-6-12-8-10/h9H,1-8H2. The summed E-state index contributed by atoms with van der Waals surface area (Å²) < 4.78 is 5.55. The first-order chi connectivity index (χ1) is 5.87. The summed E-state index contributed by atoms with van der Waals surface area (Å²) in [4.78, 5) is 0. The number of ether oxygens (including phenoxy) is 1. The molecule has 2 fully saturated rings. The van der Waals surface area contributed by atoms with E-state index in [1.165, 1.54) is 32.1 Å². The molecule has 1 saturated heterocycles. The van der Waals surface area contributed by atoms with Gasteiger partial charge in [-0.15, -0.1) is 11.6 Å². The van der Waals surface area contributed by atoms with E-state index in [1.807, 2.05) is 0 Å². The quantitative estimate of drug-likeness (QED) is 0.606. The second kappa shape index (κ2) is 3.55. The first kappa shape index (κ1) is 8.83. The van der Waals surface area contributed by atoms with Crippen molar-refractivity contribution < 1.29 is 4.74 Å². The second-order valence-electron chi connectivity index (χ2n) is 4.28. The fraction of sp³-hybridized carbons (Fsp3) is 1.00. The summed E-state index contributed by atoms with van der Waals surface area (Å²) >= 11 is 6.06. The average molecular weight is 189 g/mol. The zero-order valence-corrected chi connectivity index (χ0v) is 8.28. The van der Waals surface area contributed by atoms with Crippen LogP contribution in [0.1, 0.15) is 32.1 Å². The van der Waals surface area contributed by atoms with E-state index in [1.54, 1.807) is 0 Å². The van der Waals surface area contributed by atoms with Gasteiger partial charge in [0.25, 0.3) is 0 Å². The molecule has 2 heteroatoms. The van der Waals surface area contributed by atoms with Crippen molar-refractivity contribution in [2.24, 2.45) is 11.3 Å². The maximum atomic E-state index is 6.06. The van der Waals surface area contributed by atoms with E-state index in [4.69, 9.17) is 16.3 Å². The van der Waals surface area contributed by atoms with Crippen LogP contribution in [0, 0.1) is 11.3 Å². The molecule has 1 aliphatic carbocycles. The molecule has 0 bridgehead atoms. The smallest absolute Gasteiger partial charge is 0.0536 e. The Labute approximate surface area is 79.4 Å². The van der Waals surface area contributed by atoms with Crippen molar-refractivity contribution >= 4 is 11.6 Å². The number of hydrogen-bond donors (Lipinski definition) is 0. The molecule has 0 N–H and O–H groups in total. The van der Waals surface area contributed by atoms with E-state index in [2.05, 4.69) is 0 Å². The predicted molar refractivity (Wildman–Crippen MR) is 50.5 cm³/mol. The molecular formula is C10H17ClO. The Morgan fingerprint density at radius 1 is 1.33 bits per heavy atom. The van der Waals surface area contributed by atoms with Crippen molar-refractivity contribution in [3.05, 3.63) is 0 Å². The Kier molecular flexibility index (Phi) is 2.61. The zero-order chi connectivity index (χ0) is 8.44. The van der Waals surface area contributed by atoms with Crippen molar-refractivity contribution in [1.82, 2.24) is 0 Å². The van der Waals surface area contributed by atoms with Crippen molar-refractivity contribution in [2.45, 2.75) is 32.1 Å². The lowest BCUT2D eigenvalue weighted by Crippen LogP contribution is -2.43. The van der Waals surface area contributed by atoms with Gasteiger partial charge in [-0.3, -0.25) is 0 Å². The minimum absolute atomic E-state index is 0.359. The minimum atomic E-state index is 0.359. The Hall–Kier alpha value is 0.250. The third kappa shape index (κ3) is 1.38. The summed E-state index contributed by atoms with van der Waals surface area (Å²) in [6.45, 7) is 1.87. The van der Waals surface area contributed by atoms with E-state index in [9.17, 15) is 0 Å². The highest BCUT2D eigenvalue weighted by Crippen LogP contribution is 2.47. The molecule has 1 atom stereocenters. The van der Waals surface area contributed by atoms with Crippen molar-refractivity contribution in [2.75, 3.05) is 19.1 Å². The fourth-order valence-corrected chi connectivity index (χ4v) is 2.86. The van der Waals surface area contributed by atoms with Gasteiger partial charge < -0.3 is 4.74 Å². The molecule has 1 heterocycles. The molecule has 0 aromatic heterocycles. The summed E-state index contributed by atoms with van der Waals surface area (Å²) in [5.74, 6) is 1.67. The highest BCUT2D eigenvalue weighted by atomic mass is 35.5. The van der Waals surface area contributed by atoms with E-state index in [-0.39, 0.29) is 0 Å². The molecule has 0 amide bonds. The van der Waals surface area contributed by atoms with Crippen LogP contribution in [0.25, 0.3) is 0 Å². The summed E-state index contributed by atoms with van der Waals surface area (Å²) in [7, 11) is 0. The molecule has 0 spiro atoms. The largest absolute Gasteiger partial charge is 0.381 e. The van der Waals surface area contributed by atoms with Gasteiger partial charge in [-0.1, -0.05) is 6.42 Å². The molecule has 12 heavy (non-hydrogen) atoms. The SMILES string of the molecule is ClCC1(C2CCC2)CCCOC1. The molecule has 70 valence electrons. The first-order valence-corrected chi connectivity index (χ1v) is 5.54. The molecule has 1 aliphatic heterocycles. The summed E-state index contributed by atoms with van der Waals surface area (Å²) in [6, 6.07) is 0. The Morgan fingerprint density at radius 3 is 2.58 bits per heavy atom. The van der Waals surface area contributed by atoms with Gasteiger partial charge in [0.1, 0.15) is 0 Å². The Bertz CT molecular complexity index is 148. The molecule has 1 nitrogen and oxygen atoms in total. The predicted octanol–water partition coefficient (Wildman–Crippen LogP) is 2.82. The monoisotopic (exact) mass is 188 g/mol. The van der Waals surface area contributed by atoms with Crippen LogP contribution in [-0.2, 0) is 4.74 Å². The Morgan fingerprint density at radius 2 is 2.17 bits per heavy atom. The normalized spacial score (nSPS) is 37.8. The fourth-order valence-electron chi connectivity index (χ4n) is 2.43. The van der Waals surface area contributed by atoms with Gasteiger partial charge in [0, 0.05) is 17.9 Å². The van der Waals surface area contributed by atoms with Crippen molar-refractivity contribution in [1.29, 1.82) is 0 Å². The molecule has 2 aliphatic rings. The topological polar surface area (TPSA) is 9.23 Å². The number of hydrogen-bond acceptors (Lipinski definition) is 1. The van der Waals surface area contributed by atoms with Gasteiger partial charge in [-0.05, 0) is 31.6 Å². The van der Waals surface area contributed by atoms with Gasteiger partial charge in [0.15, 0.2) is 0 Å². The van der Waals surface area contributed by atoms with Crippen LogP contribution in [0.4, 0.5) is 0 Å². The summed E-state index contributed by atoms with van der Waals surface area (Å²) in [5, 5.41) is 0. The van der Waals surface area contributed by atoms with Gasteiger partial charge in [0.05, 0.1) is 6.61 Å². The Balaban J connectivity index is 2.00. The molecule has 1 saturated carbocycles. The van der Waals surface area contributed by atoms with E-state index < -0.39 is 0 Å². The maximum Gasteiger partial charge on any atom is 0.0536 e. The van der Waals surface area contributed by atoms with E-state index in [0.29, 0.717) is 5.41 Å². The van der Waals surface area contributed by atoms with E-state index >= 15 is 0 Å². The van der Waals surface area contributed by atoms with Gasteiger partial charge in [-0.2, -0.15) is 0 Å². The lowest BCUT2D eigenvalue weighted by atomic mass is 9.64. The lowest BCUT2D eigenvalue weighted by Gasteiger charge is -2.46. The third-order valence-electron chi connectivity index (χ3n) is 3.59. The summed E-state index contributed by atoms with van der Waals surface area (Å²) in [5.41, 5.74) is 0.359. The van der Waals surface area contributed by atoms with Crippen molar-refractivity contribution in [3.8, 4) is 0 Å². The van der Waals surface area contributed by atoms with E-state index in [0.717, 1.165) is 25.0 Å². The minimum Gasteiger partial charge on any atom is -0.381 e. The van der Waals surface area contributed by atoms with Crippen LogP contribution in [-0.4, -0.2) is 19.1 Å². The van der Waals surface area contributed by atoms with Crippen LogP contribution in [0.15, 0.2) is 0 Å². The van der Waals surface area contributed by atoms with Gasteiger partial charge in [-0.25, -0.2) is 0 Å². The average Bonchev–Trinajstić information content (AvgIpc) is 2.03. The molecule has 0 aromatic rings. The lowest BCUT2D eigenvalue weighted by molar-refractivity contribution is -0.0501. The van der Waals surface area contributed by atoms with Crippen LogP contribution >= 0.6 is 11.6 Å². The summed E-state index contributed by atoms with van der Waals surface area (Å²) in [6.07, 6.45) is 6.68. The highest BCUT2D eigenvalue weighted by Gasteiger charge is 2.42. The first-order valence-electron chi connectivity index (χ1n) is 5.01. The number of rotatable bonds is 2. The van der Waals surface area contributed by atoms with Gasteiger partial charge >= 0.3 is 0 Å². The van der Waals surface area contributed by atoms with Crippen molar-refractivity contribution in [3.63, 3.8) is 0 Å². The molecular weight excluding hydrogens is 172 g/mol. The second-order valence-corrected chi connectivity index (χ2v) is 4.55. The van der Waals surface area contributed by atoms with Crippen LogP contribution in [0.2, 0.25) is 0 Å². The molecule has 0 radical (unpaired) electrons. The molecule has 0 aromatic carbocycles. The maximum absolute atomic E-state index is 6.06. The van der Waals surface area contributed by atoms with Crippen LogP contribution in [0.5, 0.6) is 0 Å². The molecule has 2 rings (SSSR count). The number of alkyl halides is 1. The van der Waals surface area contributed by atoms with Gasteiger partial charge in [0.2, 0.25) is 0 Å². The zero-order valence-electron chi connectivity index (χ0n) is 7.52. The highest BCUT2D eigenvalue weighted by molar-refractivity contribution is 6.18. The van der Waals surface area contributed by atoms with Crippen LogP contribution < -0.4 is 0 Å².